The van der Waals surface area contributed by atoms with E-state index >= 15 is 0 Å². The van der Waals surface area contributed by atoms with Crippen molar-refractivity contribution < 1.29 is 14.3 Å². The predicted molar refractivity (Wildman–Crippen MR) is 118 cm³/mol. The largest absolute Gasteiger partial charge is 0.402 e. The number of cyclic esters (lactones) is 1. The number of nitrogens with zero attached hydrogens (tertiary/aromatic N) is 2. The van der Waals surface area contributed by atoms with E-state index in [1.807, 2.05) is 54.7 Å². The molecule has 0 aliphatic carbocycles. The van der Waals surface area contributed by atoms with Gasteiger partial charge in [0.05, 0.1) is 5.52 Å². The molecule has 0 saturated carbocycles. The summed E-state index contributed by atoms with van der Waals surface area (Å²) < 4.78 is 7.01. The highest BCUT2D eigenvalue weighted by molar-refractivity contribution is 6.11. The number of fused-ring (bicyclic) bond motifs is 1. The lowest BCUT2D eigenvalue weighted by molar-refractivity contribution is -0.130. The first kappa shape index (κ1) is 19.8. The van der Waals surface area contributed by atoms with Crippen LogP contribution in [0, 0.1) is 0 Å². The summed E-state index contributed by atoms with van der Waals surface area (Å²) >= 11 is 0. The van der Waals surface area contributed by atoms with E-state index in [1.54, 1.807) is 10.6 Å². The Bertz CT molecular complexity index is 1210. The van der Waals surface area contributed by atoms with Crippen molar-refractivity contribution in [2.45, 2.75) is 39.5 Å². The lowest BCUT2D eigenvalue weighted by Gasteiger charge is -2.18. The smallest absolute Gasteiger partial charge is 0.363 e. The Labute approximate surface area is 175 Å². The first-order chi connectivity index (χ1) is 14.2. The number of carbonyl (C=O) groups excluding carboxylic acids is 2. The van der Waals surface area contributed by atoms with Crippen LogP contribution in [0.2, 0.25) is 0 Å². The van der Waals surface area contributed by atoms with Crippen LogP contribution in [-0.2, 0) is 21.4 Å². The molecule has 3 aromatic rings. The Morgan fingerprint density at radius 2 is 1.80 bits per heavy atom. The van der Waals surface area contributed by atoms with Crippen molar-refractivity contribution in [2.75, 3.05) is 0 Å². The molecule has 5 heteroatoms. The van der Waals surface area contributed by atoms with E-state index in [0.29, 0.717) is 12.3 Å². The van der Waals surface area contributed by atoms with Crippen LogP contribution in [0.15, 0.2) is 71.5 Å². The molecule has 2 aromatic carbocycles. The van der Waals surface area contributed by atoms with Gasteiger partial charge in [0.25, 0.3) is 0 Å². The third-order valence-electron chi connectivity index (χ3n) is 5.27. The molecule has 0 atom stereocenters. The summed E-state index contributed by atoms with van der Waals surface area (Å²) in [6.07, 6.45) is 4.05. The van der Waals surface area contributed by atoms with Crippen LogP contribution in [0.25, 0.3) is 10.9 Å². The number of esters is 1. The number of carbonyl (C=O) groups is 2. The van der Waals surface area contributed by atoms with Gasteiger partial charge in [-0.3, -0.25) is 9.36 Å². The molecule has 2 heterocycles. The molecule has 1 aromatic heterocycles. The van der Waals surface area contributed by atoms with Gasteiger partial charge in [-0.05, 0) is 47.2 Å². The van der Waals surface area contributed by atoms with Gasteiger partial charge in [0.1, 0.15) is 5.70 Å². The third-order valence-corrected chi connectivity index (χ3v) is 5.27. The average molecular weight is 400 g/mol. The lowest BCUT2D eigenvalue weighted by atomic mass is 9.87. The zero-order valence-corrected chi connectivity index (χ0v) is 17.6. The summed E-state index contributed by atoms with van der Waals surface area (Å²) in [4.78, 5) is 28.6. The van der Waals surface area contributed by atoms with E-state index in [2.05, 4.69) is 25.8 Å². The Kier molecular flexibility index (Phi) is 4.90. The summed E-state index contributed by atoms with van der Waals surface area (Å²) in [5, 5.41) is 0.984. The SMILES string of the molecule is CC(=O)n1cc(C/C=C2\N=C(c3ccc(C(C)(C)C)cc3)OC2=O)c2ccccc21. The molecule has 0 bridgehead atoms. The van der Waals surface area contributed by atoms with Crippen LogP contribution in [0.5, 0.6) is 0 Å². The number of hydrogen-bond donors (Lipinski definition) is 0. The molecule has 0 radical (unpaired) electrons. The quantitative estimate of drug-likeness (QED) is 0.458. The average Bonchev–Trinajstić information content (AvgIpc) is 3.26. The molecule has 5 nitrogen and oxygen atoms in total. The molecule has 30 heavy (non-hydrogen) atoms. The second-order valence-corrected chi connectivity index (χ2v) is 8.49. The second kappa shape index (κ2) is 7.41. The van der Waals surface area contributed by atoms with E-state index in [0.717, 1.165) is 22.0 Å². The highest BCUT2D eigenvalue weighted by atomic mass is 16.6. The summed E-state index contributed by atoms with van der Waals surface area (Å²) in [7, 11) is 0. The molecule has 1 aliphatic rings. The number of rotatable bonds is 3. The molecule has 0 spiro atoms. The molecule has 152 valence electrons. The number of aromatic nitrogens is 1. The normalized spacial score (nSPS) is 15.5. The lowest BCUT2D eigenvalue weighted by Crippen LogP contribution is -2.11. The van der Waals surface area contributed by atoms with Crippen LogP contribution in [0.4, 0.5) is 0 Å². The number of benzene rings is 2. The summed E-state index contributed by atoms with van der Waals surface area (Å²) in [5.74, 6) is -0.192. The number of para-hydroxylation sites is 1. The maximum atomic E-state index is 12.3. The minimum Gasteiger partial charge on any atom is -0.402 e. The van der Waals surface area contributed by atoms with Crippen molar-refractivity contribution in [1.82, 2.24) is 4.57 Å². The Balaban J connectivity index is 1.61. The molecule has 0 amide bonds. The number of allylic oxidation sites excluding steroid dienone is 1. The van der Waals surface area contributed by atoms with E-state index < -0.39 is 5.97 Å². The summed E-state index contributed by atoms with van der Waals surface area (Å²) in [6, 6.07) is 15.6. The molecule has 0 fully saturated rings. The zero-order chi connectivity index (χ0) is 21.5. The monoisotopic (exact) mass is 400 g/mol. The van der Waals surface area contributed by atoms with Crippen molar-refractivity contribution in [3.63, 3.8) is 0 Å². The van der Waals surface area contributed by atoms with Crippen molar-refractivity contribution in [1.29, 1.82) is 0 Å². The minimum absolute atomic E-state index is 0.0515. The van der Waals surface area contributed by atoms with Gasteiger partial charge in [0.2, 0.25) is 11.8 Å². The molecule has 0 saturated heterocycles. The summed E-state index contributed by atoms with van der Waals surface area (Å²) in [6.45, 7) is 7.99. The van der Waals surface area contributed by atoms with Crippen LogP contribution >= 0.6 is 0 Å². The first-order valence-electron chi connectivity index (χ1n) is 9.96. The highest BCUT2D eigenvalue weighted by Gasteiger charge is 2.24. The van der Waals surface area contributed by atoms with Gasteiger partial charge in [-0.2, -0.15) is 0 Å². The Hall–Kier alpha value is -3.47. The van der Waals surface area contributed by atoms with E-state index in [1.165, 1.54) is 12.5 Å². The Morgan fingerprint density at radius 3 is 2.47 bits per heavy atom. The van der Waals surface area contributed by atoms with Crippen molar-refractivity contribution >= 4 is 28.7 Å². The molecule has 1 aliphatic heterocycles. The number of hydrogen-bond acceptors (Lipinski definition) is 4. The van der Waals surface area contributed by atoms with Gasteiger partial charge in [-0.25, -0.2) is 9.79 Å². The fourth-order valence-corrected chi connectivity index (χ4v) is 3.56. The van der Waals surface area contributed by atoms with Crippen molar-refractivity contribution in [3.8, 4) is 0 Å². The van der Waals surface area contributed by atoms with Crippen molar-refractivity contribution in [2.24, 2.45) is 4.99 Å². The topological polar surface area (TPSA) is 60.7 Å². The molecular weight excluding hydrogens is 376 g/mol. The second-order valence-electron chi connectivity index (χ2n) is 8.49. The van der Waals surface area contributed by atoms with Gasteiger partial charge >= 0.3 is 5.97 Å². The highest BCUT2D eigenvalue weighted by Crippen LogP contribution is 2.25. The number of aliphatic imine (C=N–C) groups is 1. The van der Waals surface area contributed by atoms with Crippen LogP contribution in [-0.4, -0.2) is 22.3 Å². The van der Waals surface area contributed by atoms with Crippen molar-refractivity contribution in [3.05, 3.63) is 83.2 Å². The predicted octanol–water partition coefficient (Wildman–Crippen LogP) is 5.03. The third kappa shape index (κ3) is 3.71. The fraction of sp³-hybridized carbons (Fsp3) is 0.240. The van der Waals surface area contributed by atoms with Crippen LogP contribution in [0.3, 0.4) is 0 Å². The van der Waals surface area contributed by atoms with Gasteiger partial charge in [-0.15, -0.1) is 0 Å². The van der Waals surface area contributed by atoms with Gasteiger partial charge in [0.15, 0.2) is 0 Å². The summed E-state index contributed by atoms with van der Waals surface area (Å²) in [5.41, 5.74) is 4.12. The number of ether oxygens (including phenoxy) is 1. The standard InChI is InChI=1S/C25H24N2O3/c1-16(28)27-15-18(20-7-5-6-8-22(20)27)11-14-21-24(29)30-23(26-21)17-9-12-19(13-10-17)25(2,3)4/h5-10,12-15H,11H2,1-4H3/b21-14-. The molecule has 0 N–H and O–H groups in total. The molecular formula is C25H24N2O3. The maximum absolute atomic E-state index is 12.3. The Morgan fingerprint density at radius 1 is 1.10 bits per heavy atom. The maximum Gasteiger partial charge on any atom is 0.363 e. The first-order valence-corrected chi connectivity index (χ1v) is 9.96. The van der Waals surface area contributed by atoms with Gasteiger partial charge < -0.3 is 4.74 Å². The van der Waals surface area contributed by atoms with E-state index in [9.17, 15) is 9.59 Å². The van der Waals surface area contributed by atoms with E-state index in [-0.39, 0.29) is 17.0 Å². The van der Waals surface area contributed by atoms with E-state index in [4.69, 9.17) is 4.74 Å². The fourth-order valence-electron chi connectivity index (χ4n) is 3.56. The zero-order valence-electron chi connectivity index (χ0n) is 17.6. The van der Waals surface area contributed by atoms with Crippen LogP contribution < -0.4 is 0 Å². The van der Waals surface area contributed by atoms with Gasteiger partial charge in [0, 0.05) is 24.1 Å². The molecule has 0 unspecified atom stereocenters. The minimum atomic E-state index is -0.458. The van der Waals surface area contributed by atoms with Crippen LogP contribution in [0.1, 0.15) is 49.2 Å². The van der Waals surface area contributed by atoms with Gasteiger partial charge in [-0.1, -0.05) is 51.1 Å². The molecule has 4 rings (SSSR count).